The maximum absolute atomic E-state index is 14.8. The Labute approximate surface area is 195 Å². The van der Waals surface area contributed by atoms with Crippen molar-refractivity contribution in [2.45, 2.75) is 70.2 Å². The van der Waals surface area contributed by atoms with Gasteiger partial charge < -0.3 is 19.7 Å². The zero-order chi connectivity index (χ0) is 24.3. The molecule has 1 aromatic carbocycles. The second-order valence-corrected chi connectivity index (χ2v) is 15.8. The molecule has 3 rings (SSSR count). The van der Waals surface area contributed by atoms with E-state index >= 15 is 0 Å². The number of hydrogen-bond donors (Lipinski definition) is 1. The third kappa shape index (κ3) is 5.91. The highest BCUT2D eigenvalue weighted by atomic mass is 28.3. The standard InChI is InChI=1S/C23H36F2N4O3Si/c1-28(2)18-10-8-7-9-17(18)26-23-27-20-19(25)16(24)13-15(22(30)31-3)21(20)29(23)14-32-11-12-33(4,5)6/h13,17-18H,7-12,14H2,1-6H3,(H,26,27)/t17-,18-/m1/s1. The summed E-state index contributed by atoms with van der Waals surface area (Å²) in [5, 5.41) is 3.46. The molecule has 0 bridgehead atoms. The summed E-state index contributed by atoms with van der Waals surface area (Å²) in [5.41, 5.74) is -0.106. The lowest BCUT2D eigenvalue weighted by molar-refractivity contribution is 0.0600. The average Bonchev–Trinajstić information content (AvgIpc) is 3.11. The molecule has 1 aliphatic rings. The summed E-state index contributed by atoms with van der Waals surface area (Å²) in [6.45, 7) is 7.38. The Morgan fingerprint density at radius 3 is 2.61 bits per heavy atom. The minimum atomic E-state index is -1.31. The molecule has 33 heavy (non-hydrogen) atoms. The number of hydrogen-bond acceptors (Lipinski definition) is 6. The summed E-state index contributed by atoms with van der Waals surface area (Å²) in [4.78, 5) is 19.0. The molecule has 1 saturated carbocycles. The fraction of sp³-hybridized carbons (Fsp3) is 0.652. The fourth-order valence-electron chi connectivity index (χ4n) is 4.35. The van der Waals surface area contributed by atoms with E-state index in [0.717, 1.165) is 37.8 Å². The highest BCUT2D eigenvalue weighted by Crippen LogP contribution is 2.31. The van der Waals surface area contributed by atoms with Gasteiger partial charge in [-0.1, -0.05) is 32.5 Å². The lowest BCUT2D eigenvalue weighted by Gasteiger charge is -2.36. The first-order valence-corrected chi connectivity index (χ1v) is 15.2. The van der Waals surface area contributed by atoms with E-state index in [2.05, 4.69) is 34.8 Å². The summed E-state index contributed by atoms with van der Waals surface area (Å²) in [5.74, 6) is -2.61. The number of halogens is 2. The Hall–Kier alpha value is -2.04. The topological polar surface area (TPSA) is 68.6 Å². The highest BCUT2D eigenvalue weighted by molar-refractivity contribution is 6.76. The Bertz CT molecular complexity index is 990. The van der Waals surface area contributed by atoms with E-state index in [0.29, 0.717) is 12.6 Å². The summed E-state index contributed by atoms with van der Waals surface area (Å²) in [6.07, 6.45) is 4.19. The van der Waals surface area contributed by atoms with Gasteiger partial charge in [0.15, 0.2) is 11.6 Å². The van der Waals surface area contributed by atoms with E-state index in [9.17, 15) is 13.6 Å². The number of ether oxygens (including phenoxy) is 2. The van der Waals surface area contributed by atoms with Gasteiger partial charge in [0.25, 0.3) is 0 Å². The number of esters is 1. The maximum Gasteiger partial charge on any atom is 0.340 e. The van der Waals surface area contributed by atoms with Crippen LogP contribution in [0.5, 0.6) is 0 Å². The molecule has 0 aliphatic heterocycles. The molecule has 2 atom stereocenters. The molecule has 0 saturated heterocycles. The van der Waals surface area contributed by atoms with Crippen LogP contribution in [0, 0.1) is 11.6 Å². The minimum Gasteiger partial charge on any atom is -0.465 e. The first kappa shape index (κ1) is 25.6. The number of anilines is 1. The monoisotopic (exact) mass is 482 g/mol. The third-order valence-corrected chi connectivity index (χ3v) is 7.94. The van der Waals surface area contributed by atoms with Crippen LogP contribution in [0.25, 0.3) is 11.0 Å². The summed E-state index contributed by atoms with van der Waals surface area (Å²) < 4.78 is 41.5. The molecule has 1 aliphatic carbocycles. The van der Waals surface area contributed by atoms with Gasteiger partial charge in [0.1, 0.15) is 12.2 Å². The molecule has 0 radical (unpaired) electrons. The van der Waals surface area contributed by atoms with Crippen molar-refractivity contribution in [1.29, 1.82) is 0 Å². The first-order valence-electron chi connectivity index (χ1n) is 11.5. The largest absolute Gasteiger partial charge is 0.465 e. The SMILES string of the molecule is COC(=O)c1cc(F)c(F)c2nc(N[C@@H]3CCCC[C@H]3N(C)C)n(COCC[Si](C)(C)C)c12. The van der Waals surface area contributed by atoms with E-state index in [4.69, 9.17) is 9.47 Å². The lowest BCUT2D eigenvalue weighted by Crippen LogP contribution is -2.45. The highest BCUT2D eigenvalue weighted by Gasteiger charge is 2.30. The van der Waals surface area contributed by atoms with Crippen LogP contribution in [-0.2, 0) is 16.2 Å². The predicted octanol–water partition coefficient (Wildman–Crippen LogP) is 4.70. The van der Waals surface area contributed by atoms with Crippen LogP contribution in [0.2, 0.25) is 25.7 Å². The quantitative estimate of drug-likeness (QED) is 0.318. The maximum atomic E-state index is 14.8. The van der Waals surface area contributed by atoms with E-state index < -0.39 is 25.7 Å². The van der Waals surface area contributed by atoms with E-state index in [-0.39, 0.29) is 35.4 Å². The number of benzene rings is 1. The molecule has 0 amide bonds. The van der Waals surface area contributed by atoms with Crippen LogP contribution in [0.3, 0.4) is 0 Å². The van der Waals surface area contributed by atoms with Crippen LogP contribution < -0.4 is 5.32 Å². The van der Waals surface area contributed by atoms with Gasteiger partial charge in [0, 0.05) is 26.8 Å². The molecule has 10 heteroatoms. The number of nitrogens with zero attached hydrogens (tertiary/aromatic N) is 3. The molecular weight excluding hydrogens is 446 g/mol. The summed E-state index contributed by atoms with van der Waals surface area (Å²) >= 11 is 0. The Kier molecular flexibility index (Phi) is 8.12. The number of methoxy groups -OCH3 is 1. The van der Waals surface area contributed by atoms with Gasteiger partial charge in [-0.15, -0.1) is 0 Å². The smallest absolute Gasteiger partial charge is 0.340 e. The van der Waals surface area contributed by atoms with Crippen LogP contribution in [0.15, 0.2) is 6.07 Å². The van der Waals surface area contributed by atoms with Gasteiger partial charge in [0.05, 0.1) is 18.2 Å². The Morgan fingerprint density at radius 2 is 1.97 bits per heavy atom. The van der Waals surface area contributed by atoms with Crippen molar-refractivity contribution in [1.82, 2.24) is 14.5 Å². The number of fused-ring (bicyclic) bond motifs is 1. The molecule has 1 heterocycles. The first-order chi connectivity index (χ1) is 15.5. The molecule has 184 valence electrons. The van der Waals surface area contributed by atoms with E-state index in [1.165, 1.54) is 7.11 Å². The van der Waals surface area contributed by atoms with Gasteiger partial charge in [-0.2, -0.15) is 0 Å². The number of rotatable bonds is 9. The number of likely N-dealkylation sites (N-methyl/N-ethyl adjacent to an activating group) is 1. The number of imidazole rings is 1. The average molecular weight is 483 g/mol. The van der Waals surface area contributed by atoms with Crippen molar-refractivity contribution in [3.63, 3.8) is 0 Å². The lowest BCUT2D eigenvalue weighted by atomic mass is 9.89. The molecule has 0 spiro atoms. The zero-order valence-electron chi connectivity index (χ0n) is 20.5. The van der Waals surface area contributed by atoms with Crippen LogP contribution in [-0.4, -0.2) is 68.4 Å². The predicted molar refractivity (Wildman–Crippen MR) is 128 cm³/mol. The normalized spacial score (nSPS) is 19.3. The second kappa shape index (κ2) is 10.5. The molecular formula is C23H36F2N4O3Si. The van der Waals surface area contributed by atoms with Gasteiger partial charge in [-0.05, 0) is 39.0 Å². The Balaban J connectivity index is 2.05. The molecule has 1 N–H and O–H groups in total. The summed E-state index contributed by atoms with van der Waals surface area (Å²) in [6, 6.07) is 2.19. The molecule has 0 unspecified atom stereocenters. The van der Waals surface area contributed by atoms with E-state index in [1.54, 1.807) is 4.57 Å². The molecule has 2 aromatic rings. The van der Waals surface area contributed by atoms with Gasteiger partial charge in [-0.3, -0.25) is 4.57 Å². The molecule has 1 fully saturated rings. The Morgan fingerprint density at radius 1 is 1.27 bits per heavy atom. The summed E-state index contributed by atoms with van der Waals surface area (Å²) in [7, 11) is 3.98. The fourth-order valence-corrected chi connectivity index (χ4v) is 5.11. The van der Waals surface area contributed by atoms with Crippen molar-refractivity contribution in [3.05, 3.63) is 23.3 Å². The number of nitrogens with one attached hydrogen (secondary N) is 1. The number of carbonyl (C=O) groups excluding carboxylic acids is 1. The van der Waals surface area contributed by atoms with E-state index in [1.807, 2.05) is 14.1 Å². The van der Waals surface area contributed by atoms with Crippen LogP contribution in [0.1, 0.15) is 36.0 Å². The zero-order valence-corrected chi connectivity index (χ0v) is 21.5. The van der Waals surface area contributed by atoms with Crippen molar-refractivity contribution in [2.24, 2.45) is 0 Å². The van der Waals surface area contributed by atoms with Gasteiger partial charge in [0.2, 0.25) is 5.95 Å². The van der Waals surface area contributed by atoms with Crippen molar-refractivity contribution in [3.8, 4) is 0 Å². The second-order valence-electron chi connectivity index (χ2n) is 10.2. The van der Waals surface area contributed by atoms with Crippen molar-refractivity contribution < 1.29 is 23.0 Å². The van der Waals surface area contributed by atoms with Crippen molar-refractivity contribution >= 4 is 31.0 Å². The van der Waals surface area contributed by atoms with Crippen molar-refractivity contribution in [2.75, 3.05) is 33.1 Å². The van der Waals surface area contributed by atoms with Crippen LogP contribution in [0.4, 0.5) is 14.7 Å². The minimum absolute atomic E-state index is 0.0672. The number of carbonyl (C=O) groups is 1. The van der Waals surface area contributed by atoms with Gasteiger partial charge in [-0.25, -0.2) is 18.6 Å². The van der Waals surface area contributed by atoms with Crippen LogP contribution >= 0.6 is 0 Å². The molecule has 7 nitrogen and oxygen atoms in total. The van der Waals surface area contributed by atoms with Gasteiger partial charge >= 0.3 is 5.97 Å². The third-order valence-electron chi connectivity index (χ3n) is 6.24. The number of aromatic nitrogens is 2. The molecule has 1 aromatic heterocycles.